The Labute approximate surface area is 120 Å². The summed E-state index contributed by atoms with van der Waals surface area (Å²) in [7, 11) is 0. The molecule has 0 aliphatic heterocycles. The van der Waals surface area contributed by atoms with E-state index in [0.29, 0.717) is 0 Å². The molecular formula is C14H17BrN2S. The summed E-state index contributed by atoms with van der Waals surface area (Å²) >= 11 is 5.32. The van der Waals surface area contributed by atoms with Gasteiger partial charge in [-0.15, -0.1) is 11.3 Å². The van der Waals surface area contributed by atoms with E-state index in [9.17, 15) is 0 Å². The quantitative estimate of drug-likeness (QED) is 0.924. The minimum Gasteiger partial charge on any atom is -0.324 e. The van der Waals surface area contributed by atoms with Gasteiger partial charge in [0.25, 0.3) is 0 Å². The lowest BCUT2D eigenvalue weighted by molar-refractivity contribution is 0.713. The molecule has 0 saturated carbocycles. The van der Waals surface area contributed by atoms with Gasteiger partial charge in [-0.25, -0.2) is 4.98 Å². The first kappa shape index (κ1) is 13.7. The molecule has 1 heterocycles. The van der Waals surface area contributed by atoms with E-state index in [2.05, 4.69) is 53.0 Å². The Bertz CT molecular complexity index is 543. The number of hydrogen-bond donors (Lipinski definition) is 1. The van der Waals surface area contributed by atoms with Gasteiger partial charge in [0.15, 0.2) is 0 Å². The molecule has 0 aliphatic carbocycles. The van der Waals surface area contributed by atoms with Crippen LogP contribution in [-0.4, -0.2) is 4.98 Å². The van der Waals surface area contributed by atoms with Crippen molar-refractivity contribution in [2.75, 3.05) is 0 Å². The maximum Gasteiger partial charge on any atom is 0.0949 e. The molecule has 1 atom stereocenters. The van der Waals surface area contributed by atoms with E-state index in [-0.39, 0.29) is 6.04 Å². The van der Waals surface area contributed by atoms with Crippen molar-refractivity contribution in [2.45, 2.75) is 33.2 Å². The molecule has 2 nitrogen and oxygen atoms in total. The van der Waals surface area contributed by atoms with Crippen LogP contribution in [0.15, 0.2) is 22.7 Å². The van der Waals surface area contributed by atoms with Gasteiger partial charge in [0.2, 0.25) is 0 Å². The predicted octanol–water partition coefficient (Wildman–Crippen LogP) is 4.07. The van der Waals surface area contributed by atoms with Crippen molar-refractivity contribution in [2.24, 2.45) is 5.73 Å². The number of thiazole rings is 1. The highest BCUT2D eigenvalue weighted by Gasteiger charge is 2.13. The lowest BCUT2D eigenvalue weighted by atomic mass is 10.0. The molecule has 0 bridgehead atoms. The number of aromatic nitrogens is 1. The van der Waals surface area contributed by atoms with Crippen LogP contribution >= 0.6 is 27.3 Å². The van der Waals surface area contributed by atoms with Crippen molar-refractivity contribution in [3.05, 3.63) is 49.4 Å². The van der Waals surface area contributed by atoms with Gasteiger partial charge in [-0.2, -0.15) is 0 Å². The summed E-state index contributed by atoms with van der Waals surface area (Å²) in [6.45, 7) is 6.22. The Balaban J connectivity index is 2.19. The van der Waals surface area contributed by atoms with Crippen LogP contribution in [0.3, 0.4) is 0 Å². The van der Waals surface area contributed by atoms with Gasteiger partial charge in [-0.1, -0.05) is 28.1 Å². The molecule has 2 aromatic rings. The minimum atomic E-state index is -0.00933. The standard InChI is InChI=1S/C14H17BrN2S/c1-8-4-5-11(12(15)6-8)13(16)7-14-17-9(2)10(3)18-14/h4-6,13H,7,16H2,1-3H3. The number of rotatable bonds is 3. The van der Waals surface area contributed by atoms with E-state index in [1.54, 1.807) is 11.3 Å². The fraction of sp³-hybridized carbons (Fsp3) is 0.357. The topological polar surface area (TPSA) is 38.9 Å². The predicted molar refractivity (Wildman–Crippen MR) is 81.1 cm³/mol. The Hall–Kier alpha value is -0.710. The lowest BCUT2D eigenvalue weighted by Crippen LogP contribution is -2.14. The summed E-state index contributed by atoms with van der Waals surface area (Å²) in [5.41, 5.74) is 9.77. The number of nitrogens with zero attached hydrogens (tertiary/aromatic N) is 1. The number of nitrogens with two attached hydrogens (primary N) is 1. The molecule has 18 heavy (non-hydrogen) atoms. The SMILES string of the molecule is Cc1ccc(C(N)Cc2nc(C)c(C)s2)c(Br)c1. The molecule has 0 aliphatic rings. The Morgan fingerprint density at radius 2 is 2.06 bits per heavy atom. The van der Waals surface area contributed by atoms with Gasteiger partial charge >= 0.3 is 0 Å². The molecule has 96 valence electrons. The first-order valence-corrected chi connectivity index (χ1v) is 7.53. The fourth-order valence-corrected chi connectivity index (χ4v) is 3.64. The van der Waals surface area contributed by atoms with Gasteiger partial charge in [0, 0.05) is 21.8 Å². The van der Waals surface area contributed by atoms with Crippen LogP contribution in [-0.2, 0) is 6.42 Å². The van der Waals surface area contributed by atoms with Crippen LogP contribution in [0.5, 0.6) is 0 Å². The molecule has 0 fully saturated rings. The van der Waals surface area contributed by atoms with E-state index in [1.807, 2.05) is 6.92 Å². The van der Waals surface area contributed by atoms with Crippen molar-refractivity contribution in [3.63, 3.8) is 0 Å². The number of halogens is 1. The molecule has 1 aromatic carbocycles. The molecule has 2 N–H and O–H groups in total. The second kappa shape index (κ2) is 5.51. The molecule has 0 saturated heterocycles. The lowest BCUT2D eigenvalue weighted by Gasteiger charge is -2.13. The molecule has 1 unspecified atom stereocenters. The first-order valence-electron chi connectivity index (χ1n) is 5.92. The van der Waals surface area contributed by atoms with Gasteiger partial charge in [-0.05, 0) is 38.0 Å². The van der Waals surface area contributed by atoms with Crippen molar-refractivity contribution in [1.82, 2.24) is 4.98 Å². The second-order valence-corrected chi connectivity index (χ2v) is 6.73. The average Bonchev–Trinajstić information content (AvgIpc) is 2.57. The normalized spacial score (nSPS) is 12.7. The van der Waals surface area contributed by atoms with E-state index in [0.717, 1.165) is 27.2 Å². The van der Waals surface area contributed by atoms with Crippen LogP contribution < -0.4 is 5.73 Å². The van der Waals surface area contributed by atoms with Crippen molar-refractivity contribution >= 4 is 27.3 Å². The molecule has 4 heteroatoms. The van der Waals surface area contributed by atoms with E-state index in [4.69, 9.17) is 5.73 Å². The van der Waals surface area contributed by atoms with Crippen LogP contribution in [0.1, 0.15) is 32.7 Å². The Morgan fingerprint density at radius 3 is 2.61 bits per heavy atom. The Kier molecular flexibility index (Phi) is 4.20. The molecule has 2 rings (SSSR count). The van der Waals surface area contributed by atoms with Crippen LogP contribution in [0.2, 0.25) is 0 Å². The average molecular weight is 325 g/mol. The van der Waals surface area contributed by atoms with Crippen molar-refractivity contribution < 1.29 is 0 Å². The summed E-state index contributed by atoms with van der Waals surface area (Å²) in [6.07, 6.45) is 0.793. The monoisotopic (exact) mass is 324 g/mol. The maximum atomic E-state index is 6.27. The van der Waals surface area contributed by atoms with Gasteiger partial charge in [-0.3, -0.25) is 0 Å². The molecule has 1 aromatic heterocycles. The minimum absolute atomic E-state index is 0.00933. The number of aryl methyl sites for hydroxylation is 3. The third-order valence-corrected chi connectivity index (χ3v) is 4.80. The maximum absolute atomic E-state index is 6.27. The fourth-order valence-electron chi connectivity index (χ4n) is 1.86. The van der Waals surface area contributed by atoms with Crippen molar-refractivity contribution in [1.29, 1.82) is 0 Å². The third kappa shape index (κ3) is 2.99. The zero-order chi connectivity index (χ0) is 13.3. The summed E-state index contributed by atoms with van der Waals surface area (Å²) in [5, 5.41) is 1.12. The van der Waals surface area contributed by atoms with Gasteiger partial charge < -0.3 is 5.73 Å². The molecular weight excluding hydrogens is 308 g/mol. The Morgan fingerprint density at radius 1 is 1.33 bits per heavy atom. The number of hydrogen-bond acceptors (Lipinski definition) is 3. The highest BCUT2D eigenvalue weighted by molar-refractivity contribution is 9.10. The highest BCUT2D eigenvalue weighted by Crippen LogP contribution is 2.27. The van der Waals surface area contributed by atoms with E-state index in [1.165, 1.54) is 10.4 Å². The number of benzene rings is 1. The van der Waals surface area contributed by atoms with Crippen LogP contribution in [0.4, 0.5) is 0 Å². The van der Waals surface area contributed by atoms with E-state index < -0.39 is 0 Å². The van der Waals surface area contributed by atoms with Crippen LogP contribution in [0.25, 0.3) is 0 Å². The smallest absolute Gasteiger partial charge is 0.0949 e. The summed E-state index contributed by atoms with van der Waals surface area (Å²) < 4.78 is 1.08. The van der Waals surface area contributed by atoms with Crippen molar-refractivity contribution in [3.8, 4) is 0 Å². The molecule has 0 spiro atoms. The zero-order valence-corrected chi connectivity index (χ0v) is 13.2. The van der Waals surface area contributed by atoms with E-state index >= 15 is 0 Å². The largest absolute Gasteiger partial charge is 0.324 e. The third-order valence-electron chi connectivity index (χ3n) is 3.02. The zero-order valence-electron chi connectivity index (χ0n) is 10.8. The first-order chi connectivity index (χ1) is 8.47. The highest BCUT2D eigenvalue weighted by atomic mass is 79.9. The summed E-state index contributed by atoms with van der Waals surface area (Å²) in [5.74, 6) is 0. The van der Waals surface area contributed by atoms with Crippen LogP contribution in [0, 0.1) is 20.8 Å². The molecule has 0 amide bonds. The second-order valence-electron chi connectivity index (χ2n) is 4.58. The van der Waals surface area contributed by atoms with Gasteiger partial charge in [0.05, 0.1) is 10.7 Å². The van der Waals surface area contributed by atoms with Gasteiger partial charge in [0.1, 0.15) is 0 Å². The summed E-state index contributed by atoms with van der Waals surface area (Å²) in [4.78, 5) is 5.82. The molecule has 0 radical (unpaired) electrons. The summed E-state index contributed by atoms with van der Waals surface area (Å²) in [6, 6.07) is 6.29.